The van der Waals surface area contributed by atoms with E-state index in [1.807, 2.05) is 0 Å². The highest BCUT2D eigenvalue weighted by Crippen LogP contribution is 2.39. The topological polar surface area (TPSA) is 318 Å². The van der Waals surface area contributed by atoms with Crippen molar-refractivity contribution in [1.82, 2.24) is 0 Å². The summed E-state index contributed by atoms with van der Waals surface area (Å²) < 4.78 is 101. The molecule has 0 aliphatic carbocycles. The van der Waals surface area contributed by atoms with Crippen LogP contribution >= 0.6 is 0 Å². The Morgan fingerprint density at radius 1 is 0.257 bits per heavy atom. The number of ether oxygens (including phenoxy) is 16. The fourth-order valence-electron chi connectivity index (χ4n) is 11.7. The number of hydrogen-bond acceptors (Lipinski definition) is 26. The zero-order chi connectivity index (χ0) is 73.8. The molecule has 3 saturated heterocycles. The molecule has 15 atom stereocenters. The molecule has 8 aromatic carbocycles. The molecule has 3 aliphatic heterocycles. The van der Waals surface area contributed by atoms with Gasteiger partial charge in [0.05, 0.1) is 51.1 Å². The molecule has 15 unspecified atom stereocenters. The molecule has 3 heterocycles. The summed E-state index contributed by atoms with van der Waals surface area (Å²) in [4.78, 5) is 142. The zero-order valence-electron chi connectivity index (χ0n) is 56.5. The lowest BCUT2D eigenvalue weighted by Gasteiger charge is -2.49. The van der Waals surface area contributed by atoms with Crippen LogP contribution < -0.4 is 0 Å². The van der Waals surface area contributed by atoms with E-state index in [-0.39, 0.29) is 44.5 Å². The largest absolute Gasteiger partial charge is 0.459 e. The number of rotatable bonds is 26. The van der Waals surface area contributed by atoms with Crippen molar-refractivity contribution in [3.05, 3.63) is 287 Å². The van der Waals surface area contributed by atoms with Gasteiger partial charge in [-0.1, -0.05) is 146 Å². The van der Waals surface area contributed by atoms with Crippen LogP contribution in [0.25, 0.3) is 0 Å². The molecule has 3 aliphatic rings. The Bertz CT molecular complexity index is 4250. The second-order valence-corrected chi connectivity index (χ2v) is 23.8. The number of methoxy groups -OCH3 is 1. The highest BCUT2D eigenvalue weighted by Gasteiger charge is 2.60. The summed E-state index contributed by atoms with van der Waals surface area (Å²) in [5, 5.41) is 0. The summed E-state index contributed by atoms with van der Waals surface area (Å²) >= 11 is 0. The van der Waals surface area contributed by atoms with Crippen molar-refractivity contribution in [3.63, 3.8) is 0 Å². The first-order valence-electron chi connectivity index (χ1n) is 33.1. The minimum absolute atomic E-state index is 0.00672. The van der Waals surface area contributed by atoms with Gasteiger partial charge in [-0.05, 0) is 97.1 Å². The predicted molar refractivity (Wildman–Crippen MR) is 362 cm³/mol. The molecule has 3 fully saturated rings. The Kier molecular flexibility index (Phi) is 25.4. The van der Waals surface area contributed by atoms with Crippen molar-refractivity contribution in [3.8, 4) is 0 Å². The normalized spacial score (nSPS) is 24.0. The van der Waals surface area contributed by atoms with E-state index >= 15 is 0 Å². The van der Waals surface area contributed by atoms with E-state index in [0.29, 0.717) is 0 Å². The van der Waals surface area contributed by atoms with Crippen LogP contribution in [0.5, 0.6) is 0 Å². The number of carbonyl (C=O) groups excluding carboxylic acids is 10. The number of esters is 10. The maximum absolute atomic E-state index is 14.7. The van der Waals surface area contributed by atoms with Gasteiger partial charge < -0.3 is 75.8 Å². The Balaban J connectivity index is 1.02. The molecule has 0 spiro atoms. The molecule has 542 valence electrons. The van der Waals surface area contributed by atoms with E-state index in [0.717, 1.165) is 21.0 Å². The number of hydrogen-bond donors (Lipinski definition) is 0. The lowest BCUT2D eigenvalue weighted by atomic mass is 9.95. The summed E-state index contributed by atoms with van der Waals surface area (Å²) in [5.74, 6) is -10.0. The van der Waals surface area contributed by atoms with Gasteiger partial charge in [0.15, 0.2) is 67.7 Å². The van der Waals surface area contributed by atoms with E-state index in [4.69, 9.17) is 75.8 Å². The quantitative estimate of drug-likeness (QED) is 0.0360. The van der Waals surface area contributed by atoms with Crippen LogP contribution in [0.2, 0.25) is 0 Å². The van der Waals surface area contributed by atoms with Crippen LogP contribution in [0.15, 0.2) is 243 Å². The van der Waals surface area contributed by atoms with Crippen LogP contribution in [0.4, 0.5) is 0 Å². The minimum atomic E-state index is -2.17. The second kappa shape index (κ2) is 35.9. The molecule has 105 heavy (non-hydrogen) atoms. The van der Waals surface area contributed by atoms with Crippen molar-refractivity contribution in [2.75, 3.05) is 26.9 Å². The second-order valence-electron chi connectivity index (χ2n) is 23.8. The van der Waals surface area contributed by atoms with Gasteiger partial charge in [0, 0.05) is 21.0 Å². The number of benzene rings is 8. The minimum Gasteiger partial charge on any atom is -0.459 e. The van der Waals surface area contributed by atoms with E-state index < -0.39 is 172 Å². The van der Waals surface area contributed by atoms with Gasteiger partial charge in [0.1, 0.15) is 37.6 Å². The molecule has 0 radical (unpaired) electrons. The molecule has 8 aromatic rings. The van der Waals surface area contributed by atoms with Crippen LogP contribution in [0.1, 0.15) is 96.7 Å². The van der Waals surface area contributed by atoms with Gasteiger partial charge in [-0.3, -0.25) is 9.59 Å². The van der Waals surface area contributed by atoms with E-state index in [2.05, 4.69) is 0 Å². The fraction of sp³-hybridized carbons (Fsp3) is 0.266. The standard InChI is InChI=1S/C79H70O26/c1-47(80)94-60-59(46-93-78-67(103-75(88)55-40-24-10-25-41-55)63(101-73(86)53-36-20-8-21-37-53)61(99-71(84)51-32-16-6-17-33-51)57(97-78)44-91-69(82)49-28-12-4-13-29-49)96-77(90-3)66(95-48(2)81)65(60)105-79-68(104-76(89)56-42-26-11-27-43-56)64(102-74(87)54-38-22-9-23-39-54)62(100-72(85)52-34-18-7-19-35-52)58(98-79)45-92-70(83)50-30-14-5-15-31-50/h4-43,57-68,77-79H,44-46H2,1-3H3. The average Bonchev–Trinajstić information content (AvgIpc) is 0.773. The van der Waals surface area contributed by atoms with Gasteiger partial charge in [-0.15, -0.1) is 0 Å². The maximum Gasteiger partial charge on any atom is 0.338 e. The van der Waals surface area contributed by atoms with E-state index in [1.54, 1.807) is 133 Å². The molecule has 0 aromatic heterocycles. The third kappa shape index (κ3) is 19.3. The van der Waals surface area contributed by atoms with Crippen LogP contribution in [-0.4, -0.2) is 179 Å². The Morgan fingerprint density at radius 3 is 0.790 bits per heavy atom. The first-order valence-corrected chi connectivity index (χ1v) is 33.1. The Labute approximate surface area is 601 Å². The lowest BCUT2D eigenvalue weighted by Crippen LogP contribution is -2.67. The highest BCUT2D eigenvalue weighted by atomic mass is 16.8. The van der Waals surface area contributed by atoms with Gasteiger partial charge in [0.2, 0.25) is 0 Å². The average molecular weight is 1440 g/mol. The highest BCUT2D eigenvalue weighted by molar-refractivity contribution is 5.94. The molecule has 0 amide bonds. The summed E-state index contributed by atoms with van der Waals surface area (Å²) in [6.45, 7) is -0.431. The lowest BCUT2D eigenvalue weighted by molar-refractivity contribution is -0.363. The monoisotopic (exact) mass is 1430 g/mol. The van der Waals surface area contributed by atoms with Crippen LogP contribution in [0, 0.1) is 0 Å². The molecule has 11 rings (SSSR count). The van der Waals surface area contributed by atoms with Gasteiger partial charge in [-0.2, -0.15) is 0 Å². The molecule has 0 N–H and O–H groups in total. The molecular formula is C79H70O26. The van der Waals surface area contributed by atoms with Gasteiger partial charge >= 0.3 is 59.7 Å². The third-order valence-corrected chi connectivity index (χ3v) is 16.6. The van der Waals surface area contributed by atoms with E-state index in [1.165, 1.54) is 109 Å². The zero-order valence-corrected chi connectivity index (χ0v) is 56.5. The third-order valence-electron chi connectivity index (χ3n) is 16.6. The molecule has 26 nitrogen and oxygen atoms in total. The SMILES string of the molecule is COC1OC(COC2OC(COC(=O)c3ccccc3)C(OC(=O)c3ccccc3)C(OC(=O)c3ccccc3)C2OC(=O)c2ccccc2)C(OC(C)=O)C(OC2OC(COC(=O)c3ccccc3)C(OC(=O)c3ccccc3)C(OC(=O)c3ccccc3)C2OC(=O)c2ccccc2)C1OC(C)=O. The predicted octanol–water partition coefficient (Wildman–Crippen LogP) is 9.14. The van der Waals surface area contributed by atoms with Gasteiger partial charge in [-0.25, -0.2) is 38.4 Å². The van der Waals surface area contributed by atoms with Gasteiger partial charge in [0.25, 0.3) is 0 Å². The summed E-state index contributed by atoms with van der Waals surface area (Å²) in [6.07, 6.45) is -28.6. The molecule has 0 saturated carbocycles. The first-order chi connectivity index (χ1) is 51.0. The smallest absolute Gasteiger partial charge is 0.338 e. The van der Waals surface area contributed by atoms with E-state index in [9.17, 15) is 47.9 Å². The Hall–Kier alpha value is -11.8. The summed E-state index contributed by atoms with van der Waals surface area (Å²) in [6, 6.07) is 61.1. The maximum atomic E-state index is 14.7. The van der Waals surface area contributed by atoms with Crippen molar-refractivity contribution >= 4 is 59.7 Å². The van der Waals surface area contributed by atoms with Crippen molar-refractivity contribution in [2.24, 2.45) is 0 Å². The van der Waals surface area contributed by atoms with Crippen molar-refractivity contribution in [2.45, 2.75) is 106 Å². The molecule has 26 heteroatoms. The molecule has 0 bridgehead atoms. The van der Waals surface area contributed by atoms with Crippen molar-refractivity contribution in [1.29, 1.82) is 0 Å². The molecular weight excluding hydrogens is 1360 g/mol. The summed E-state index contributed by atoms with van der Waals surface area (Å²) in [5.41, 5.74) is 0.0263. The number of carbonyl (C=O) groups is 10. The van der Waals surface area contributed by atoms with Crippen molar-refractivity contribution < 1.29 is 124 Å². The first kappa shape index (κ1) is 74.4. The van der Waals surface area contributed by atoms with Crippen LogP contribution in [-0.2, 0) is 85.4 Å². The van der Waals surface area contributed by atoms with Crippen LogP contribution in [0.3, 0.4) is 0 Å². The summed E-state index contributed by atoms with van der Waals surface area (Å²) in [7, 11) is 1.15. The Morgan fingerprint density at radius 2 is 0.486 bits per heavy atom. The fourth-order valence-corrected chi connectivity index (χ4v) is 11.7.